The molecule has 2 amide bonds. The summed E-state index contributed by atoms with van der Waals surface area (Å²) in [5, 5.41) is 2.71. The molecule has 0 spiro atoms. The molecule has 0 aliphatic carbocycles. The van der Waals surface area contributed by atoms with Gasteiger partial charge in [-0.3, -0.25) is 4.79 Å². The minimum Gasteiger partial charge on any atom is -0.444 e. The molecular weight excluding hydrogens is 252 g/mol. The molecule has 6 heteroatoms. The van der Waals surface area contributed by atoms with E-state index in [1.54, 1.807) is 4.90 Å². The van der Waals surface area contributed by atoms with Crippen LogP contribution < -0.4 is 5.32 Å². The highest BCUT2D eigenvalue weighted by Gasteiger charge is 2.28. The Hall–Kier alpha value is -0.910. The molecular formula is C12H22N2O3S. The lowest BCUT2D eigenvalue weighted by Gasteiger charge is -2.25. The van der Waals surface area contributed by atoms with Crippen LogP contribution in [-0.4, -0.2) is 47.4 Å². The number of carbonyl (C=O) groups excluding carboxylic acids is 2. The molecule has 0 radical (unpaired) electrons. The standard InChI is InChI=1S/C12H22N2O3S/c1-12(2,3)17-11(16)13-7-9-5-4-6-14(9)10(15)8-18/h9,18H,4-8H2,1-3H3,(H,13,16). The van der Waals surface area contributed by atoms with Crippen molar-refractivity contribution in [1.29, 1.82) is 0 Å². The van der Waals surface area contributed by atoms with Crippen LogP contribution in [0, 0.1) is 0 Å². The summed E-state index contributed by atoms with van der Waals surface area (Å²) in [6, 6.07) is 0.0668. The Morgan fingerprint density at radius 2 is 2.11 bits per heavy atom. The third-order valence-electron chi connectivity index (χ3n) is 2.71. The fraction of sp³-hybridized carbons (Fsp3) is 0.833. The lowest BCUT2D eigenvalue weighted by molar-refractivity contribution is -0.129. The third-order valence-corrected chi connectivity index (χ3v) is 2.98. The first-order valence-electron chi connectivity index (χ1n) is 6.20. The van der Waals surface area contributed by atoms with Crippen LogP contribution in [-0.2, 0) is 9.53 Å². The Labute approximate surface area is 114 Å². The van der Waals surface area contributed by atoms with Crippen LogP contribution in [0.5, 0.6) is 0 Å². The van der Waals surface area contributed by atoms with E-state index in [-0.39, 0.29) is 17.7 Å². The van der Waals surface area contributed by atoms with Gasteiger partial charge >= 0.3 is 6.09 Å². The van der Waals surface area contributed by atoms with Crippen molar-refractivity contribution in [2.75, 3.05) is 18.8 Å². The summed E-state index contributed by atoms with van der Waals surface area (Å²) < 4.78 is 5.15. The average Bonchev–Trinajstić information content (AvgIpc) is 2.71. The monoisotopic (exact) mass is 274 g/mol. The molecule has 1 heterocycles. The van der Waals surface area contributed by atoms with Crippen molar-refractivity contribution in [3.63, 3.8) is 0 Å². The van der Waals surface area contributed by atoms with Gasteiger partial charge in [-0.2, -0.15) is 12.6 Å². The van der Waals surface area contributed by atoms with Gasteiger partial charge < -0.3 is 15.0 Å². The number of nitrogens with one attached hydrogen (secondary N) is 1. The van der Waals surface area contributed by atoms with Crippen molar-refractivity contribution in [3.05, 3.63) is 0 Å². The van der Waals surface area contributed by atoms with Gasteiger partial charge in [0.1, 0.15) is 5.60 Å². The SMILES string of the molecule is CC(C)(C)OC(=O)NCC1CCCN1C(=O)CS. The normalized spacial score (nSPS) is 19.8. The highest BCUT2D eigenvalue weighted by molar-refractivity contribution is 7.81. The second-order valence-electron chi connectivity index (χ2n) is 5.42. The van der Waals surface area contributed by atoms with Crippen molar-refractivity contribution in [2.45, 2.75) is 45.3 Å². The second kappa shape index (κ2) is 6.31. The first-order chi connectivity index (χ1) is 8.33. The second-order valence-corrected chi connectivity index (χ2v) is 5.74. The third kappa shape index (κ3) is 4.76. The lowest BCUT2D eigenvalue weighted by Crippen LogP contribution is -2.44. The highest BCUT2D eigenvalue weighted by atomic mass is 32.1. The van der Waals surface area contributed by atoms with Crippen LogP contribution in [0.25, 0.3) is 0 Å². The predicted octanol–water partition coefficient (Wildman–Crippen LogP) is 1.43. The summed E-state index contributed by atoms with van der Waals surface area (Å²) in [6.45, 7) is 6.64. The molecule has 1 fully saturated rings. The minimum atomic E-state index is -0.500. The first kappa shape index (κ1) is 15.1. The van der Waals surface area contributed by atoms with E-state index in [4.69, 9.17) is 4.74 Å². The van der Waals surface area contributed by atoms with Crippen LogP contribution in [0.1, 0.15) is 33.6 Å². The first-order valence-corrected chi connectivity index (χ1v) is 6.84. The molecule has 1 rings (SSSR count). The minimum absolute atomic E-state index is 0.0202. The maximum Gasteiger partial charge on any atom is 0.407 e. The van der Waals surface area contributed by atoms with E-state index in [1.165, 1.54) is 0 Å². The number of alkyl carbamates (subject to hydrolysis) is 1. The predicted molar refractivity (Wildman–Crippen MR) is 72.8 cm³/mol. The zero-order valence-electron chi connectivity index (χ0n) is 11.2. The summed E-state index contributed by atoms with van der Waals surface area (Å²) in [4.78, 5) is 24.9. The maximum atomic E-state index is 11.6. The number of hydrogen-bond acceptors (Lipinski definition) is 4. The smallest absolute Gasteiger partial charge is 0.407 e. The van der Waals surface area contributed by atoms with Crippen LogP contribution in [0.2, 0.25) is 0 Å². The maximum absolute atomic E-state index is 11.6. The van der Waals surface area contributed by atoms with Crippen molar-refractivity contribution in [2.24, 2.45) is 0 Å². The fourth-order valence-electron chi connectivity index (χ4n) is 1.98. The zero-order valence-corrected chi connectivity index (χ0v) is 12.1. The number of hydrogen-bond donors (Lipinski definition) is 2. The van der Waals surface area contributed by atoms with E-state index in [9.17, 15) is 9.59 Å². The fourth-order valence-corrected chi connectivity index (χ4v) is 2.16. The van der Waals surface area contributed by atoms with Gasteiger partial charge in [0, 0.05) is 19.1 Å². The summed E-state index contributed by atoms with van der Waals surface area (Å²) in [5.41, 5.74) is -0.500. The van der Waals surface area contributed by atoms with Gasteiger partial charge in [-0.25, -0.2) is 4.79 Å². The quantitative estimate of drug-likeness (QED) is 0.766. The Morgan fingerprint density at radius 3 is 2.67 bits per heavy atom. The molecule has 104 valence electrons. The Kier molecular flexibility index (Phi) is 5.31. The molecule has 0 aromatic heterocycles. The molecule has 1 unspecified atom stereocenters. The molecule has 1 N–H and O–H groups in total. The number of likely N-dealkylation sites (tertiary alicyclic amines) is 1. The molecule has 0 aromatic carbocycles. The van der Waals surface area contributed by atoms with Gasteiger partial charge in [-0.15, -0.1) is 0 Å². The number of amides is 2. The summed E-state index contributed by atoms with van der Waals surface area (Å²) in [7, 11) is 0. The Morgan fingerprint density at radius 1 is 1.44 bits per heavy atom. The van der Waals surface area contributed by atoms with Crippen LogP contribution in [0.4, 0.5) is 4.79 Å². The highest BCUT2D eigenvalue weighted by Crippen LogP contribution is 2.17. The molecule has 0 aromatic rings. The van der Waals surface area contributed by atoms with E-state index < -0.39 is 11.7 Å². The molecule has 1 aliphatic rings. The summed E-state index contributed by atoms with van der Waals surface area (Å²) in [6.07, 6.45) is 1.45. The number of nitrogens with zero attached hydrogens (tertiary/aromatic N) is 1. The van der Waals surface area contributed by atoms with Gasteiger partial charge in [0.2, 0.25) is 5.91 Å². The molecule has 1 saturated heterocycles. The number of carbonyl (C=O) groups is 2. The zero-order chi connectivity index (χ0) is 13.8. The largest absolute Gasteiger partial charge is 0.444 e. The molecule has 0 bridgehead atoms. The summed E-state index contributed by atoms with van der Waals surface area (Å²) >= 11 is 3.99. The molecule has 5 nitrogen and oxygen atoms in total. The molecule has 18 heavy (non-hydrogen) atoms. The van der Waals surface area contributed by atoms with E-state index >= 15 is 0 Å². The van der Waals surface area contributed by atoms with Gasteiger partial charge in [0.15, 0.2) is 0 Å². The van der Waals surface area contributed by atoms with Crippen molar-refractivity contribution in [3.8, 4) is 0 Å². The summed E-state index contributed by atoms with van der Waals surface area (Å²) in [5.74, 6) is 0.231. The Balaban J connectivity index is 2.38. The van der Waals surface area contributed by atoms with Gasteiger partial charge in [-0.1, -0.05) is 0 Å². The molecule has 1 atom stereocenters. The molecule has 1 aliphatic heterocycles. The Bertz CT molecular complexity index is 315. The van der Waals surface area contributed by atoms with Crippen molar-refractivity contribution < 1.29 is 14.3 Å². The average molecular weight is 274 g/mol. The van der Waals surface area contributed by atoms with Crippen LogP contribution in [0.3, 0.4) is 0 Å². The van der Waals surface area contributed by atoms with Crippen molar-refractivity contribution >= 4 is 24.6 Å². The topological polar surface area (TPSA) is 58.6 Å². The van der Waals surface area contributed by atoms with E-state index in [1.807, 2.05) is 20.8 Å². The van der Waals surface area contributed by atoms with E-state index in [0.29, 0.717) is 6.54 Å². The van der Waals surface area contributed by atoms with E-state index in [0.717, 1.165) is 19.4 Å². The molecule has 0 saturated carbocycles. The van der Waals surface area contributed by atoms with E-state index in [2.05, 4.69) is 17.9 Å². The van der Waals surface area contributed by atoms with Gasteiger partial charge in [-0.05, 0) is 33.6 Å². The van der Waals surface area contributed by atoms with Crippen molar-refractivity contribution in [1.82, 2.24) is 10.2 Å². The number of ether oxygens (including phenoxy) is 1. The lowest BCUT2D eigenvalue weighted by atomic mass is 10.2. The van der Waals surface area contributed by atoms with Gasteiger partial charge in [0.05, 0.1) is 5.75 Å². The number of thiol groups is 1. The van der Waals surface area contributed by atoms with Crippen LogP contribution in [0.15, 0.2) is 0 Å². The van der Waals surface area contributed by atoms with Gasteiger partial charge in [0.25, 0.3) is 0 Å². The van der Waals surface area contributed by atoms with Crippen LogP contribution >= 0.6 is 12.6 Å². The number of rotatable bonds is 3.